The molecule has 0 aliphatic carbocycles. The molecule has 0 aliphatic heterocycles. The number of carbonyl (C=O) groups is 2. The van der Waals surface area contributed by atoms with Crippen LogP contribution in [0.25, 0.3) is 0 Å². The Morgan fingerprint density at radius 2 is 1.82 bits per heavy atom. The van der Waals surface area contributed by atoms with E-state index in [-0.39, 0.29) is 5.92 Å². The van der Waals surface area contributed by atoms with Gasteiger partial charge in [0.15, 0.2) is 6.61 Å². The maximum atomic E-state index is 11.8. The topological polar surface area (TPSA) is 72.6 Å². The Morgan fingerprint density at radius 1 is 1.35 bits per heavy atom. The summed E-state index contributed by atoms with van der Waals surface area (Å²) in [5.41, 5.74) is 5.05. The summed E-state index contributed by atoms with van der Waals surface area (Å²) in [6.45, 7) is 1.53. The Kier molecular flexibility index (Phi) is 5.24. The van der Waals surface area contributed by atoms with E-state index in [0.29, 0.717) is 0 Å². The summed E-state index contributed by atoms with van der Waals surface area (Å²) in [5.74, 6) is -1.12. The van der Waals surface area contributed by atoms with Crippen molar-refractivity contribution in [1.82, 2.24) is 4.90 Å². The quantitative estimate of drug-likeness (QED) is 0.819. The molecule has 17 heavy (non-hydrogen) atoms. The van der Waals surface area contributed by atoms with Crippen LogP contribution in [-0.4, -0.2) is 42.8 Å². The van der Waals surface area contributed by atoms with E-state index in [4.69, 9.17) is 5.73 Å². The second-order valence-electron chi connectivity index (χ2n) is 3.87. The molecule has 0 aliphatic rings. The average Bonchev–Trinajstić information content (AvgIpc) is 2.11. The number of ether oxygens (including phenoxy) is 1. The number of nitrogens with two attached hydrogens (primary N) is 1. The maximum absolute atomic E-state index is 11.8. The fourth-order valence-corrected chi connectivity index (χ4v) is 1.33. The Bertz CT molecular complexity index is 292. The highest BCUT2D eigenvalue weighted by molar-refractivity contribution is 5.84. The molecule has 100 valence electrons. The lowest BCUT2D eigenvalue weighted by molar-refractivity contribution is -0.162. The third kappa shape index (κ3) is 5.41. The standard InChI is InChI=1S/C9H15F3N2O3/c1-5(2)6(7(13)15)14(3)8(16)17-4-9(10,11)12/h5-6H,4H2,1-3H3,(H2,13,15). The van der Waals surface area contributed by atoms with Gasteiger partial charge in [0.2, 0.25) is 5.91 Å². The van der Waals surface area contributed by atoms with E-state index in [1.54, 1.807) is 13.8 Å². The molecule has 1 atom stereocenters. The van der Waals surface area contributed by atoms with Gasteiger partial charge in [0.1, 0.15) is 6.04 Å². The lowest BCUT2D eigenvalue weighted by atomic mass is 10.0. The summed E-state index contributed by atoms with van der Waals surface area (Å²) in [6, 6.07) is -1.00. The van der Waals surface area contributed by atoms with Gasteiger partial charge in [-0.15, -0.1) is 0 Å². The highest BCUT2D eigenvalue weighted by Crippen LogP contribution is 2.16. The number of halogens is 3. The monoisotopic (exact) mass is 256 g/mol. The zero-order valence-electron chi connectivity index (χ0n) is 9.75. The van der Waals surface area contributed by atoms with Crippen molar-refractivity contribution in [3.63, 3.8) is 0 Å². The Balaban J connectivity index is 4.52. The van der Waals surface area contributed by atoms with E-state index < -0.39 is 30.8 Å². The molecule has 1 unspecified atom stereocenters. The van der Waals surface area contributed by atoms with E-state index in [1.165, 1.54) is 0 Å². The zero-order valence-corrected chi connectivity index (χ0v) is 9.75. The maximum Gasteiger partial charge on any atom is 0.422 e. The number of nitrogens with zero attached hydrogens (tertiary/aromatic N) is 1. The summed E-state index contributed by atoms with van der Waals surface area (Å²) < 4.78 is 39.4. The predicted octanol–water partition coefficient (Wildman–Crippen LogP) is 1.13. The van der Waals surface area contributed by atoms with Gasteiger partial charge in [-0.3, -0.25) is 9.69 Å². The van der Waals surface area contributed by atoms with Crippen LogP contribution in [0, 0.1) is 5.92 Å². The highest BCUT2D eigenvalue weighted by Gasteiger charge is 2.33. The number of rotatable bonds is 4. The van der Waals surface area contributed by atoms with Gasteiger partial charge in [0.05, 0.1) is 0 Å². The van der Waals surface area contributed by atoms with Crippen LogP contribution in [0.1, 0.15) is 13.8 Å². The second-order valence-corrected chi connectivity index (χ2v) is 3.87. The van der Waals surface area contributed by atoms with Crippen molar-refractivity contribution in [2.75, 3.05) is 13.7 Å². The van der Waals surface area contributed by atoms with Crippen molar-refractivity contribution in [3.8, 4) is 0 Å². The van der Waals surface area contributed by atoms with Gasteiger partial charge >= 0.3 is 12.3 Å². The SMILES string of the molecule is CC(C)C(C(N)=O)N(C)C(=O)OCC(F)(F)F. The van der Waals surface area contributed by atoms with E-state index >= 15 is 0 Å². The first-order chi connectivity index (χ1) is 7.56. The van der Waals surface area contributed by atoms with E-state index in [1.807, 2.05) is 0 Å². The molecule has 0 aromatic heterocycles. The number of primary amides is 1. The lowest BCUT2D eigenvalue weighted by Gasteiger charge is -2.27. The molecular formula is C9H15F3N2O3. The average molecular weight is 256 g/mol. The van der Waals surface area contributed by atoms with Crippen molar-refractivity contribution >= 4 is 12.0 Å². The number of alkyl halides is 3. The molecule has 0 fully saturated rings. The molecule has 0 heterocycles. The predicted molar refractivity (Wildman–Crippen MR) is 53.0 cm³/mol. The smallest absolute Gasteiger partial charge is 0.422 e. The summed E-state index contributed by atoms with van der Waals surface area (Å²) in [4.78, 5) is 23.0. The first-order valence-electron chi connectivity index (χ1n) is 4.82. The van der Waals surface area contributed by atoms with Gasteiger partial charge in [0.25, 0.3) is 0 Å². The van der Waals surface area contributed by atoms with Crippen molar-refractivity contribution in [2.24, 2.45) is 11.7 Å². The largest absolute Gasteiger partial charge is 0.440 e. The third-order valence-corrected chi connectivity index (χ3v) is 1.99. The fourth-order valence-electron chi connectivity index (χ4n) is 1.33. The van der Waals surface area contributed by atoms with Gasteiger partial charge in [-0.1, -0.05) is 13.8 Å². The van der Waals surface area contributed by atoms with E-state index in [0.717, 1.165) is 11.9 Å². The molecule has 2 amide bonds. The number of amides is 2. The van der Waals surface area contributed by atoms with Crippen LogP contribution in [0.2, 0.25) is 0 Å². The minimum atomic E-state index is -4.60. The molecule has 5 nitrogen and oxygen atoms in total. The Labute approximate surface area is 96.7 Å². The number of hydrogen-bond acceptors (Lipinski definition) is 3. The summed E-state index contributed by atoms with van der Waals surface area (Å²) in [7, 11) is 1.16. The molecule has 8 heteroatoms. The fraction of sp³-hybridized carbons (Fsp3) is 0.778. The lowest BCUT2D eigenvalue weighted by Crippen LogP contribution is -2.49. The first-order valence-corrected chi connectivity index (χ1v) is 4.82. The number of likely N-dealkylation sites (N-methyl/N-ethyl adjacent to an activating group) is 1. The van der Waals surface area contributed by atoms with E-state index in [2.05, 4.69) is 4.74 Å². The molecule has 0 aromatic rings. The van der Waals surface area contributed by atoms with Gasteiger partial charge < -0.3 is 10.5 Å². The van der Waals surface area contributed by atoms with Crippen LogP contribution in [0.3, 0.4) is 0 Å². The number of hydrogen-bond donors (Lipinski definition) is 1. The minimum Gasteiger partial charge on any atom is -0.440 e. The molecule has 0 rings (SSSR count). The van der Waals surface area contributed by atoms with Crippen LogP contribution < -0.4 is 5.73 Å². The van der Waals surface area contributed by atoms with Crippen molar-refractivity contribution in [1.29, 1.82) is 0 Å². The molecule has 0 bridgehead atoms. The molecule has 0 saturated carbocycles. The summed E-state index contributed by atoms with van der Waals surface area (Å²) in [6.07, 6.45) is -5.84. The Morgan fingerprint density at radius 3 is 2.12 bits per heavy atom. The van der Waals surface area contributed by atoms with Gasteiger partial charge in [-0.05, 0) is 5.92 Å². The van der Waals surface area contributed by atoms with Gasteiger partial charge in [-0.25, -0.2) is 4.79 Å². The second kappa shape index (κ2) is 5.74. The van der Waals surface area contributed by atoms with Crippen molar-refractivity contribution in [2.45, 2.75) is 26.1 Å². The van der Waals surface area contributed by atoms with Crippen molar-refractivity contribution < 1.29 is 27.5 Å². The van der Waals surface area contributed by atoms with Gasteiger partial charge in [0, 0.05) is 7.05 Å². The van der Waals surface area contributed by atoms with Crippen LogP contribution in [0.15, 0.2) is 0 Å². The van der Waals surface area contributed by atoms with Gasteiger partial charge in [-0.2, -0.15) is 13.2 Å². The van der Waals surface area contributed by atoms with Crippen LogP contribution in [-0.2, 0) is 9.53 Å². The zero-order chi connectivity index (χ0) is 13.8. The van der Waals surface area contributed by atoms with Crippen molar-refractivity contribution in [3.05, 3.63) is 0 Å². The third-order valence-electron chi connectivity index (χ3n) is 1.99. The highest BCUT2D eigenvalue weighted by atomic mass is 19.4. The molecule has 2 N–H and O–H groups in total. The molecule has 0 saturated heterocycles. The normalized spacial score (nSPS) is 13.4. The molecule has 0 spiro atoms. The molecule has 0 radical (unpaired) electrons. The minimum absolute atomic E-state index is 0.323. The van der Waals surface area contributed by atoms with Crippen LogP contribution >= 0.6 is 0 Å². The summed E-state index contributed by atoms with van der Waals surface area (Å²) >= 11 is 0. The Hall–Kier alpha value is -1.47. The van der Waals surface area contributed by atoms with Crippen LogP contribution in [0.5, 0.6) is 0 Å². The molecule has 0 aromatic carbocycles. The molecular weight excluding hydrogens is 241 g/mol. The van der Waals surface area contributed by atoms with E-state index in [9.17, 15) is 22.8 Å². The van der Waals surface area contributed by atoms with Crippen LogP contribution in [0.4, 0.5) is 18.0 Å². The first kappa shape index (κ1) is 15.5. The summed E-state index contributed by atoms with van der Waals surface area (Å²) in [5, 5.41) is 0. The number of carbonyl (C=O) groups excluding carboxylic acids is 2.